The summed E-state index contributed by atoms with van der Waals surface area (Å²) in [5.41, 5.74) is 1.81. The fraction of sp³-hybridized carbons (Fsp3) is 0.400. The Balaban J connectivity index is 0.00000289. The number of aromatic nitrogens is 2. The summed E-state index contributed by atoms with van der Waals surface area (Å²) in [6.07, 6.45) is 0.859. The highest BCUT2D eigenvalue weighted by Crippen LogP contribution is 2.30. The number of aliphatic hydroxyl groups is 1. The molecule has 2 heterocycles. The van der Waals surface area contributed by atoms with Crippen LogP contribution in [-0.4, -0.2) is 57.7 Å². The second-order valence-electron chi connectivity index (χ2n) is 8.22. The minimum absolute atomic E-state index is 0. The monoisotopic (exact) mass is 420 g/mol. The topological polar surface area (TPSA) is 69.6 Å². The maximum atomic E-state index is 12.8. The standard InChI is InChI=1S/C25H30N4O2.H2/c1-4-25(31,5-2)24(30)29-16-14-28(15-17-29)23-20-12-8-9-13-21(20)26-22(27-23)19-11-7-6-10-18(19)3;/h6-13,31H,4-5,14-17H2,1-3H3;1H. The zero-order chi connectivity index (χ0) is 22.0. The van der Waals surface area contributed by atoms with Gasteiger partial charge in [0.1, 0.15) is 11.4 Å². The van der Waals surface area contributed by atoms with Gasteiger partial charge in [-0.2, -0.15) is 0 Å². The molecule has 6 heteroatoms. The molecule has 0 radical (unpaired) electrons. The molecule has 1 saturated heterocycles. The van der Waals surface area contributed by atoms with E-state index in [0.29, 0.717) is 39.0 Å². The van der Waals surface area contributed by atoms with Crippen LogP contribution in [0.25, 0.3) is 22.3 Å². The number of fused-ring (bicyclic) bond motifs is 1. The summed E-state index contributed by atoms with van der Waals surface area (Å²) >= 11 is 0. The lowest BCUT2D eigenvalue weighted by Gasteiger charge is -2.39. The second-order valence-corrected chi connectivity index (χ2v) is 8.22. The predicted molar refractivity (Wildman–Crippen MR) is 126 cm³/mol. The normalized spacial score (nSPS) is 14.8. The van der Waals surface area contributed by atoms with E-state index >= 15 is 0 Å². The molecule has 164 valence electrons. The molecule has 0 bridgehead atoms. The van der Waals surface area contributed by atoms with Crippen LogP contribution in [-0.2, 0) is 4.79 Å². The zero-order valence-corrected chi connectivity index (χ0v) is 18.5. The van der Waals surface area contributed by atoms with E-state index < -0.39 is 5.60 Å². The van der Waals surface area contributed by atoms with Gasteiger partial charge in [0.2, 0.25) is 0 Å². The van der Waals surface area contributed by atoms with E-state index in [4.69, 9.17) is 9.97 Å². The highest BCUT2D eigenvalue weighted by molar-refractivity contribution is 5.91. The molecule has 1 aliphatic heterocycles. The molecule has 0 unspecified atom stereocenters. The number of piperazine rings is 1. The Kier molecular flexibility index (Phi) is 5.92. The first-order valence-electron chi connectivity index (χ1n) is 11.1. The summed E-state index contributed by atoms with van der Waals surface area (Å²) in [5.74, 6) is 1.46. The lowest BCUT2D eigenvalue weighted by atomic mass is 9.95. The number of amides is 1. The van der Waals surface area contributed by atoms with Crippen LogP contribution in [0, 0.1) is 6.92 Å². The first kappa shape index (κ1) is 21.2. The number of rotatable bonds is 5. The van der Waals surface area contributed by atoms with Gasteiger partial charge in [0, 0.05) is 38.6 Å². The van der Waals surface area contributed by atoms with Crippen molar-refractivity contribution in [2.24, 2.45) is 0 Å². The molecule has 0 aliphatic carbocycles. The molecular weight excluding hydrogens is 388 g/mol. The largest absolute Gasteiger partial charge is 0.380 e. The Hall–Kier alpha value is -2.99. The number of anilines is 1. The molecule has 1 aromatic heterocycles. The first-order valence-corrected chi connectivity index (χ1v) is 11.1. The summed E-state index contributed by atoms with van der Waals surface area (Å²) in [5, 5.41) is 11.6. The summed E-state index contributed by atoms with van der Waals surface area (Å²) < 4.78 is 0. The molecular formula is C25H32N4O2. The van der Waals surface area contributed by atoms with Gasteiger partial charge in [-0.3, -0.25) is 4.79 Å². The Morgan fingerprint density at radius 2 is 1.65 bits per heavy atom. The van der Waals surface area contributed by atoms with Crippen molar-refractivity contribution >= 4 is 22.6 Å². The molecule has 4 rings (SSSR count). The fourth-order valence-corrected chi connectivity index (χ4v) is 4.21. The number of benzene rings is 2. The molecule has 31 heavy (non-hydrogen) atoms. The van der Waals surface area contributed by atoms with Gasteiger partial charge in [0.15, 0.2) is 5.82 Å². The molecule has 2 aromatic carbocycles. The Morgan fingerprint density at radius 3 is 2.32 bits per heavy atom. The van der Waals surface area contributed by atoms with Crippen molar-refractivity contribution in [1.82, 2.24) is 14.9 Å². The van der Waals surface area contributed by atoms with E-state index in [0.717, 1.165) is 33.7 Å². The molecule has 0 spiro atoms. The zero-order valence-electron chi connectivity index (χ0n) is 18.5. The predicted octanol–water partition coefficient (Wildman–Crippen LogP) is 4.05. The number of carbonyl (C=O) groups excluding carboxylic acids is 1. The van der Waals surface area contributed by atoms with Gasteiger partial charge in [0.25, 0.3) is 5.91 Å². The van der Waals surface area contributed by atoms with Crippen molar-refractivity contribution in [2.45, 2.75) is 39.2 Å². The summed E-state index contributed by atoms with van der Waals surface area (Å²) in [6.45, 7) is 8.27. The number of hydrogen-bond donors (Lipinski definition) is 1. The minimum atomic E-state index is -1.26. The van der Waals surface area contributed by atoms with Crippen molar-refractivity contribution in [2.75, 3.05) is 31.1 Å². The molecule has 3 aromatic rings. The van der Waals surface area contributed by atoms with Gasteiger partial charge >= 0.3 is 0 Å². The average molecular weight is 421 g/mol. The third-order valence-corrected chi connectivity index (χ3v) is 6.40. The van der Waals surface area contributed by atoms with Crippen molar-refractivity contribution < 1.29 is 11.3 Å². The molecule has 1 amide bonds. The van der Waals surface area contributed by atoms with Gasteiger partial charge < -0.3 is 14.9 Å². The highest BCUT2D eigenvalue weighted by Gasteiger charge is 2.37. The Morgan fingerprint density at radius 1 is 1.00 bits per heavy atom. The molecule has 6 nitrogen and oxygen atoms in total. The smallest absolute Gasteiger partial charge is 0.254 e. The van der Waals surface area contributed by atoms with Crippen molar-refractivity contribution in [3.05, 3.63) is 54.1 Å². The second kappa shape index (κ2) is 8.63. The highest BCUT2D eigenvalue weighted by atomic mass is 16.3. The SMILES string of the molecule is CCC(O)(CC)C(=O)N1CCN(c2nc(-c3ccccc3C)nc3ccccc23)CC1.[HH]. The lowest BCUT2D eigenvalue weighted by Crippen LogP contribution is -2.55. The number of nitrogens with zero attached hydrogens (tertiary/aromatic N) is 4. The first-order chi connectivity index (χ1) is 15.0. The number of aryl methyl sites for hydroxylation is 1. The van der Waals surface area contributed by atoms with E-state index in [1.54, 1.807) is 4.90 Å². The molecule has 0 saturated carbocycles. The van der Waals surface area contributed by atoms with Crippen LogP contribution in [0.2, 0.25) is 0 Å². The molecule has 0 atom stereocenters. The van der Waals surface area contributed by atoms with Crippen LogP contribution in [0.1, 0.15) is 33.7 Å². The summed E-state index contributed by atoms with van der Waals surface area (Å²) in [6, 6.07) is 16.2. The van der Waals surface area contributed by atoms with E-state index in [9.17, 15) is 9.90 Å². The van der Waals surface area contributed by atoms with E-state index in [1.165, 1.54) is 0 Å². The van der Waals surface area contributed by atoms with E-state index in [2.05, 4.69) is 30.0 Å². The minimum Gasteiger partial charge on any atom is -0.380 e. The fourth-order valence-electron chi connectivity index (χ4n) is 4.21. The van der Waals surface area contributed by atoms with Crippen LogP contribution in [0.4, 0.5) is 5.82 Å². The molecule has 1 aliphatic rings. The number of carbonyl (C=O) groups is 1. The quantitative estimate of drug-likeness (QED) is 0.674. The van der Waals surface area contributed by atoms with Gasteiger partial charge in [0.05, 0.1) is 5.52 Å². The third-order valence-electron chi connectivity index (χ3n) is 6.40. The van der Waals surface area contributed by atoms with Gasteiger partial charge in [-0.25, -0.2) is 9.97 Å². The number of para-hydroxylation sites is 1. The average Bonchev–Trinajstić information content (AvgIpc) is 2.82. The van der Waals surface area contributed by atoms with Crippen molar-refractivity contribution in [3.8, 4) is 11.4 Å². The Bertz CT molecular complexity index is 1090. The Labute approximate surface area is 185 Å². The van der Waals surface area contributed by atoms with Crippen molar-refractivity contribution in [1.29, 1.82) is 0 Å². The van der Waals surface area contributed by atoms with Gasteiger partial charge in [-0.05, 0) is 37.5 Å². The number of hydrogen-bond acceptors (Lipinski definition) is 5. The van der Waals surface area contributed by atoms with E-state index in [-0.39, 0.29) is 7.33 Å². The third kappa shape index (κ3) is 4.00. The van der Waals surface area contributed by atoms with Crippen LogP contribution in [0.15, 0.2) is 48.5 Å². The molecule has 1 fully saturated rings. The van der Waals surface area contributed by atoms with Crippen LogP contribution in [0.5, 0.6) is 0 Å². The van der Waals surface area contributed by atoms with Gasteiger partial charge in [-0.1, -0.05) is 50.2 Å². The summed E-state index contributed by atoms with van der Waals surface area (Å²) in [4.78, 5) is 26.7. The van der Waals surface area contributed by atoms with Crippen LogP contribution < -0.4 is 4.90 Å². The van der Waals surface area contributed by atoms with Gasteiger partial charge in [-0.15, -0.1) is 0 Å². The van der Waals surface area contributed by atoms with E-state index in [1.807, 2.05) is 44.2 Å². The molecule has 1 N–H and O–H groups in total. The maximum Gasteiger partial charge on any atom is 0.254 e. The maximum absolute atomic E-state index is 12.8. The van der Waals surface area contributed by atoms with Crippen LogP contribution in [0.3, 0.4) is 0 Å². The van der Waals surface area contributed by atoms with Crippen LogP contribution >= 0.6 is 0 Å². The van der Waals surface area contributed by atoms with Crippen molar-refractivity contribution in [3.63, 3.8) is 0 Å². The lowest BCUT2D eigenvalue weighted by molar-refractivity contribution is -0.152. The summed E-state index contributed by atoms with van der Waals surface area (Å²) in [7, 11) is 0.